The Morgan fingerprint density at radius 1 is 0.952 bits per heavy atom. The summed E-state index contributed by atoms with van der Waals surface area (Å²) in [4.78, 5) is 11.5. The van der Waals surface area contributed by atoms with Crippen molar-refractivity contribution >= 4 is 17.3 Å². The Bertz CT molecular complexity index is 623. The molecule has 0 radical (unpaired) electrons. The molecule has 5 heteroatoms. The van der Waals surface area contributed by atoms with E-state index in [0.717, 1.165) is 17.1 Å². The fourth-order valence-corrected chi connectivity index (χ4v) is 1.87. The zero-order valence-corrected chi connectivity index (χ0v) is 12.2. The van der Waals surface area contributed by atoms with E-state index in [1.807, 2.05) is 24.3 Å². The van der Waals surface area contributed by atoms with Gasteiger partial charge in [-0.05, 0) is 42.5 Å². The second kappa shape index (κ2) is 6.65. The highest BCUT2D eigenvalue weighted by molar-refractivity contribution is 5.91. The van der Waals surface area contributed by atoms with Crippen molar-refractivity contribution in [3.05, 3.63) is 48.0 Å². The normalized spacial score (nSPS) is 9.86. The lowest BCUT2D eigenvalue weighted by atomic mass is 10.2. The van der Waals surface area contributed by atoms with Crippen LogP contribution in [0.1, 0.15) is 10.4 Å². The van der Waals surface area contributed by atoms with E-state index in [4.69, 9.17) is 14.2 Å². The fraction of sp³-hybridized carbons (Fsp3) is 0.188. The minimum Gasteiger partial charge on any atom is -0.497 e. The number of hydrogen-bond donors (Lipinski definition) is 1. The molecule has 2 aromatic rings. The van der Waals surface area contributed by atoms with Crippen LogP contribution in [0.25, 0.3) is 0 Å². The molecule has 0 aliphatic heterocycles. The van der Waals surface area contributed by atoms with Gasteiger partial charge in [-0.15, -0.1) is 0 Å². The molecule has 0 aliphatic carbocycles. The molecule has 0 amide bonds. The molecule has 0 unspecified atom stereocenters. The van der Waals surface area contributed by atoms with E-state index in [1.165, 1.54) is 7.11 Å². The van der Waals surface area contributed by atoms with E-state index in [0.29, 0.717) is 11.3 Å². The molecule has 0 fully saturated rings. The third-order valence-corrected chi connectivity index (χ3v) is 2.99. The first kappa shape index (κ1) is 14.7. The van der Waals surface area contributed by atoms with Crippen LogP contribution in [-0.2, 0) is 4.74 Å². The van der Waals surface area contributed by atoms with Crippen LogP contribution < -0.4 is 14.8 Å². The van der Waals surface area contributed by atoms with Gasteiger partial charge in [-0.3, -0.25) is 0 Å². The van der Waals surface area contributed by atoms with Gasteiger partial charge in [0.05, 0.1) is 32.6 Å². The monoisotopic (exact) mass is 287 g/mol. The predicted octanol–water partition coefficient (Wildman–Crippen LogP) is 3.23. The Morgan fingerprint density at radius 3 is 2.24 bits per heavy atom. The van der Waals surface area contributed by atoms with E-state index >= 15 is 0 Å². The van der Waals surface area contributed by atoms with E-state index < -0.39 is 5.97 Å². The molecule has 5 nitrogen and oxygen atoms in total. The highest BCUT2D eigenvalue weighted by Crippen LogP contribution is 2.29. The number of rotatable bonds is 5. The number of carbonyl (C=O) groups is 1. The van der Waals surface area contributed by atoms with Gasteiger partial charge in [0, 0.05) is 5.69 Å². The lowest BCUT2D eigenvalue weighted by Crippen LogP contribution is -2.03. The Balaban J connectivity index is 2.24. The van der Waals surface area contributed by atoms with Gasteiger partial charge in [0.25, 0.3) is 0 Å². The maximum absolute atomic E-state index is 11.5. The molecule has 21 heavy (non-hydrogen) atoms. The summed E-state index contributed by atoms with van der Waals surface area (Å²) >= 11 is 0. The molecule has 2 aromatic carbocycles. The van der Waals surface area contributed by atoms with Crippen LogP contribution in [0, 0.1) is 0 Å². The lowest BCUT2D eigenvalue weighted by molar-refractivity contribution is 0.0600. The molecule has 110 valence electrons. The second-order valence-corrected chi connectivity index (χ2v) is 4.26. The summed E-state index contributed by atoms with van der Waals surface area (Å²) in [7, 11) is 4.52. The fourth-order valence-electron chi connectivity index (χ4n) is 1.87. The topological polar surface area (TPSA) is 56.8 Å². The first-order valence-electron chi connectivity index (χ1n) is 6.35. The highest BCUT2D eigenvalue weighted by atomic mass is 16.5. The van der Waals surface area contributed by atoms with Crippen molar-refractivity contribution in [3.63, 3.8) is 0 Å². The third kappa shape index (κ3) is 3.45. The summed E-state index contributed by atoms with van der Waals surface area (Å²) in [6.07, 6.45) is 0. The molecule has 0 heterocycles. The smallest absolute Gasteiger partial charge is 0.337 e. The lowest BCUT2D eigenvalue weighted by Gasteiger charge is -2.12. The molecule has 2 rings (SSSR count). The van der Waals surface area contributed by atoms with Gasteiger partial charge in [-0.1, -0.05) is 0 Å². The average Bonchev–Trinajstić information content (AvgIpc) is 2.55. The van der Waals surface area contributed by atoms with Gasteiger partial charge < -0.3 is 19.5 Å². The van der Waals surface area contributed by atoms with Crippen molar-refractivity contribution in [2.45, 2.75) is 0 Å². The summed E-state index contributed by atoms with van der Waals surface area (Å²) in [5.41, 5.74) is 2.09. The average molecular weight is 287 g/mol. The molecule has 0 saturated heterocycles. The van der Waals surface area contributed by atoms with Crippen LogP contribution in [0.4, 0.5) is 11.4 Å². The molecule has 0 spiro atoms. The maximum Gasteiger partial charge on any atom is 0.337 e. The van der Waals surface area contributed by atoms with Crippen LogP contribution in [0.3, 0.4) is 0 Å². The quantitative estimate of drug-likeness (QED) is 0.856. The number of benzene rings is 2. The van der Waals surface area contributed by atoms with Gasteiger partial charge in [-0.2, -0.15) is 0 Å². The molecular weight excluding hydrogens is 270 g/mol. The van der Waals surface area contributed by atoms with Gasteiger partial charge in [0.2, 0.25) is 0 Å². The number of ether oxygens (including phenoxy) is 3. The van der Waals surface area contributed by atoms with E-state index in [9.17, 15) is 4.79 Å². The standard InChI is InChI=1S/C16H17NO4/c1-19-13-7-5-12(6-8-13)17-14-9-4-11(16(18)21-3)10-15(14)20-2/h4-10,17H,1-3H3. The van der Waals surface area contributed by atoms with Gasteiger partial charge in [0.15, 0.2) is 0 Å². The van der Waals surface area contributed by atoms with E-state index in [-0.39, 0.29) is 0 Å². The van der Waals surface area contributed by atoms with Crippen LogP contribution >= 0.6 is 0 Å². The zero-order chi connectivity index (χ0) is 15.2. The molecule has 0 bridgehead atoms. The minimum absolute atomic E-state index is 0.399. The Hall–Kier alpha value is -2.69. The van der Waals surface area contributed by atoms with Crippen LogP contribution in [0.5, 0.6) is 11.5 Å². The van der Waals surface area contributed by atoms with Crippen molar-refractivity contribution in [1.29, 1.82) is 0 Å². The van der Waals surface area contributed by atoms with Crippen molar-refractivity contribution < 1.29 is 19.0 Å². The van der Waals surface area contributed by atoms with Crippen LogP contribution in [-0.4, -0.2) is 27.3 Å². The predicted molar refractivity (Wildman–Crippen MR) is 80.6 cm³/mol. The zero-order valence-electron chi connectivity index (χ0n) is 12.2. The van der Waals surface area contributed by atoms with Crippen molar-refractivity contribution in [1.82, 2.24) is 0 Å². The van der Waals surface area contributed by atoms with Crippen molar-refractivity contribution in [3.8, 4) is 11.5 Å². The number of hydrogen-bond acceptors (Lipinski definition) is 5. The number of anilines is 2. The summed E-state index contributed by atoms with van der Waals surface area (Å²) in [6, 6.07) is 12.6. The van der Waals surface area contributed by atoms with E-state index in [2.05, 4.69) is 5.32 Å². The van der Waals surface area contributed by atoms with Crippen LogP contribution in [0.2, 0.25) is 0 Å². The Kier molecular flexibility index (Phi) is 4.66. The number of methoxy groups -OCH3 is 3. The summed E-state index contributed by atoms with van der Waals surface area (Å²) < 4.78 is 15.1. The molecule has 1 N–H and O–H groups in total. The SMILES string of the molecule is COC(=O)c1ccc(Nc2ccc(OC)cc2)c(OC)c1. The summed E-state index contributed by atoms with van der Waals surface area (Å²) in [5.74, 6) is 0.951. The Morgan fingerprint density at radius 2 is 1.67 bits per heavy atom. The molecule has 0 aliphatic rings. The van der Waals surface area contributed by atoms with Gasteiger partial charge in [-0.25, -0.2) is 4.79 Å². The molecule has 0 saturated carbocycles. The Labute approximate surface area is 123 Å². The van der Waals surface area contributed by atoms with Gasteiger partial charge in [0.1, 0.15) is 11.5 Å². The minimum atomic E-state index is -0.399. The maximum atomic E-state index is 11.5. The third-order valence-electron chi connectivity index (χ3n) is 2.99. The number of carbonyl (C=O) groups excluding carboxylic acids is 1. The second-order valence-electron chi connectivity index (χ2n) is 4.26. The number of esters is 1. The van der Waals surface area contributed by atoms with E-state index in [1.54, 1.807) is 32.4 Å². The van der Waals surface area contributed by atoms with Crippen molar-refractivity contribution in [2.24, 2.45) is 0 Å². The first-order chi connectivity index (χ1) is 10.2. The van der Waals surface area contributed by atoms with Gasteiger partial charge >= 0.3 is 5.97 Å². The number of nitrogens with one attached hydrogen (secondary N) is 1. The molecular formula is C16H17NO4. The molecule has 0 atom stereocenters. The highest BCUT2D eigenvalue weighted by Gasteiger charge is 2.10. The first-order valence-corrected chi connectivity index (χ1v) is 6.35. The summed E-state index contributed by atoms with van der Waals surface area (Å²) in [6.45, 7) is 0. The molecule has 0 aromatic heterocycles. The van der Waals surface area contributed by atoms with Crippen molar-refractivity contribution in [2.75, 3.05) is 26.6 Å². The largest absolute Gasteiger partial charge is 0.497 e. The van der Waals surface area contributed by atoms with Crippen LogP contribution in [0.15, 0.2) is 42.5 Å². The summed E-state index contributed by atoms with van der Waals surface area (Å²) in [5, 5.41) is 3.23.